The van der Waals surface area contributed by atoms with Crippen molar-refractivity contribution >= 4 is 5.97 Å². The lowest BCUT2D eigenvalue weighted by Crippen LogP contribution is -1.98. The Hall–Kier alpha value is -2.08. The van der Waals surface area contributed by atoms with E-state index in [1.807, 2.05) is 25.1 Å². The second-order valence-electron chi connectivity index (χ2n) is 3.63. The molecule has 1 rings (SSSR count). The molecule has 0 spiro atoms. The number of hydrogen-bond acceptors (Lipinski definition) is 3. The van der Waals surface area contributed by atoms with Gasteiger partial charge in [-0.15, -0.1) is 0 Å². The summed E-state index contributed by atoms with van der Waals surface area (Å²) in [6.07, 6.45) is 4.15. The Balaban J connectivity index is 2.83. The number of carbonyl (C=O) groups is 1. The molecule has 17 heavy (non-hydrogen) atoms. The van der Waals surface area contributed by atoms with Gasteiger partial charge < -0.3 is 4.74 Å². The summed E-state index contributed by atoms with van der Waals surface area (Å²) in [4.78, 5) is 11.0. The van der Waals surface area contributed by atoms with Crippen molar-refractivity contribution in [1.29, 1.82) is 5.26 Å². The SMILES string of the molecule is CCC(/C=C/C(=O)OC)c1ccc(C#N)cc1. The highest BCUT2D eigenvalue weighted by molar-refractivity contribution is 5.81. The van der Waals surface area contributed by atoms with Gasteiger partial charge in [0, 0.05) is 12.0 Å². The molecule has 0 radical (unpaired) electrons. The first-order chi connectivity index (χ1) is 8.21. The average Bonchev–Trinajstić information content (AvgIpc) is 2.39. The first-order valence-electron chi connectivity index (χ1n) is 5.47. The standard InChI is InChI=1S/C14H15NO2/c1-3-12(8-9-14(16)17-2)13-6-4-11(10-15)5-7-13/h4-9,12H,3H2,1-2H3/b9-8+. The maximum absolute atomic E-state index is 11.0. The number of allylic oxidation sites excluding steroid dienone is 1. The highest BCUT2D eigenvalue weighted by Gasteiger charge is 2.06. The average molecular weight is 229 g/mol. The number of carbonyl (C=O) groups excluding carboxylic acids is 1. The Morgan fingerprint density at radius 2 is 2.12 bits per heavy atom. The third kappa shape index (κ3) is 3.76. The third-order valence-electron chi connectivity index (χ3n) is 2.57. The molecule has 1 atom stereocenters. The molecule has 0 aliphatic rings. The molecule has 3 nitrogen and oxygen atoms in total. The summed E-state index contributed by atoms with van der Waals surface area (Å²) < 4.78 is 4.55. The second kappa shape index (κ2) is 6.49. The lowest BCUT2D eigenvalue weighted by molar-refractivity contribution is -0.134. The first-order valence-corrected chi connectivity index (χ1v) is 5.47. The van der Waals surface area contributed by atoms with Gasteiger partial charge in [0.2, 0.25) is 0 Å². The van der Waals surface area contributed by atoms with Crippen LogP contribution in [0.5, 0.6) is 0 Å². The van der Waals surface area contributed by atoms with Crippen LogP contribution in [0.4, 0.5) is 0 Å². The van der Waals surface area contributed by atoms with Gasteiger partial charge in [-0.2, -0.15) is 5.26 Å². The first kappa shape index (κ1) is 13.0. The van der Waals surface area contributed by atoms with Gasteiger partial charge in [0.05, 0.1) is 18.7 Å². The fraction of sp³-hybridized carbons (Fsp3) is 0.286. The van der Waals surface area contributed by atoms with Crippen LogP contribution in [0.2, 0.25) is 0 Å². The molecular formula is C14H15NO2. The molecule has 1 aromatic carbocycles. The molecule has 0 aromatic heterocycles. The van der Waals surface area contributed by atoms with Crippen molar-refractivity contribution in [1.82, 2.24) is 0 Å². The molecule has 0 aliphatic heterocycles. The van der Waals surface area contributed by atoms with Gasteiger partial charge in [-0.25, -0.2) is 4.79 Å². The Bertz CT molecular complexity index is 440. The predicted molar refractivity (Wildman–Crippen MR) is 65.3 cm³/mol. The predicted octanol–water partition coefficient (Wildman–Crippen LogP) is 2.78. The van der Waals surface area contributed by atoms with Gasteiger partial charge >= 0.3 is 5.97 Å². The molecule has 0 saturated carbocycles. The van der Waals surface area contributed by atoms with Gasteiger partial charge in [0.15, 0.2) is 0 Å². The molecule has 88 valence electrons. The fourth-order valence-electron chi connectivity index (χ4n) is 1.55. The zero-order chi connectivity index (χ0) is 12.7. The molecule has 1 unspecified atom stereocenters. The second-order valence-corrected chi connectivity index (χ2v) is 3.63. The van der Waals surface area contributed by atoms with E-state index in [-0.39, 0.29) is 11.9 Å². The molecule has 0 N–H and O–H groups in total. The van der Waals surface area contributed by atoms with Crippen LogP contribution < -0.4 is 0 Å². The molecule has 1 aromatic rings. The smallest absolute Gasteiger partial charge is 0.330 e. The van der Waals surface area contributed by atoms with E-state index in [4.69, 9.17) is 5.26 Å². The lowest BCUT2D eigenvalue weighted by Gasteiger charge is -2.10. The zero-order valence-electron chi connectivity index (χ0n) is 10.0. The van der Waals surface area contributed by atoms with Crippen LogP contribution >= 0.6 is 0 Å². The van der Waals surface area contributed by atoms with Crippen molar-refractivity contribution in [2.75, 3.05) is 7.11 Å². The summed E-state index contributed by atoms with van der Waals surface area (Å²) in [6, 6.07) is 9.46. The number of nitrogens with zero attached hydrogens (tertiary/aromatic N) is 1. The van der Waals surface area contributed by atoms with E-state index in [1.54, 1.807) is 12.1 Å². The van der Waals surface area contributed by atoms with E-state index in [9.17, 15) is 4.79 Å². The zero-order valence-corrected chi connectivity index (χ0v) is 10.0. The normalized spacial score (nSPS) is 12.1. The molecular weight excluding hydrogens is 214 g/mol. The monoisotopic (exact) mass is 229 g/mol. The van der Waals surface area contributed by atoms with Crippen LogP contribution in [0.1, 0.15) is 30.4 Å². The molecule has 3 heteroatoms. The number of ether oxygens (including phenoxy) is 1. The molecule has 0 heterocycles. The van der Waals surface area contributed by atoms with Gasteiger partial charge in [0.1, 0.15) is 0 Å². The summed E-state index contributed by atoms with van der Waals surface area (Å²) in [6.45, 7) is 2.05. The highest BCUT2D eigenvalue weighted by atomic mass is 16.5. The Kier molecular flexibility index (Phi) is 4.96. The van der Waals surface area contributed by atoms with Crippen molar-refractivity contribution in [3.8, 4) is 6.07 Å². The van der Waals surface area contributed by atoms with Crippen LogP contribution in [0.25, 0.3) is 0 Å². The molecule has 0 fully saturated rings. The van der Waals surface area contributed by atoms with E-state index in [1.165, 1.54) is 13.2 Å². The maximum atomic E-state index is 11.0. The Morgan fingerprint density at radius 3 is 2.59 bits per heavy atom. The van der Waals surface area contributed by atoms with Crippen LogP contribution in [0.15, 0.2) is 36.4 Å². The van der Waals surface area contributed by atoms with E-state index in [0.717, 1.165) is 12.0 Å². The quantitative estimate of drug-likeness (QED) is 0.589. The van der Waals surface area contributed by atoms with Crippen molar-refractivity contribution < 1.29 is 9.53 Å². The van der Waals surface area contributed by atoms with Crippen molar-refractivity contribution in [2.45, 2.75) is 19.3 Å². The van der Waals surface area contributed by atoms with E-state index in [0.29, 0.717) is 5.56 Å². The van der Waals surface area contributed by atoms with E-state index >= 15 is 0 Å². The molecule has 0 aliphatic carbocycles. The number of rotatable bonds is 4. The van der Waals surface area contributed by atoms with Gasteiger partial charge in [-0.3, -0.25) is 0 Å². The minimum Gasteiger partial charge on any atom is -0.466 e. The van der Waals surface area contributed by atoms with Crippen LogP contribution in [-0.2, 0) is 9.53 Å². The largest absolute Gasteiger partial charge is 0.466 e. The fourth-order valence-corrected chi connectivity index (χ4v) is 1.55. The summed E-state index contributed by atoms with van der Waals surface area (Å²) in [5.41, 5.74) is 1.73. The summed E-state index contributed by atoms with van der Waals surface area (Å²) >= 11 is 0. The number of methoxy groups -OCH3 is 1. The van der Waals surface area contributed by atoms with Crippen LogP contribution in [-0.4, -0.2) is 13.1 Å². The van der Waals surface area contributed by atoms with Crippen molar-refractivity contribution in [3.05, 3.63) is 47.5 Å². The lowest BCUT2D eigenvalue weighted by atomic mass is 9.95. The van der Waals surface area contributed by atoms with Gasteiger partial charge in [-0.05, 0) is 24.1 Å². The van der Waals surface area contributed by atoms with Crippen LogP contribution in [0.3, 0.4) is 0 Å². The van der Waals surface area contributed by atoms with Gasteiger partial charge in [-0.1, -0.05) is 25.1 Å². The van der Waals surface area contributed by atoms with E-state index in [2.05, 4.69) is 10.8 Å². The minimum absolute atomic E-state index is 0.168. The summed E-state index contributed by atoms with van der Waals surface area (Å²) in [5.74, 6) is -0.182. The number of hydrogen-bond donors (Lipinski definition) is 0. The summed E-state index contributed by atoms with van der Waals surface area (Å²) in [7, 11) is 1.36. The topological polar surface area (TPSA) is 50.1 Å². The molecule has 0 saturated heterocycles. The summed E-state index contributed by atoms with van der Waals surface area (Å²) in [5, 5.41) is 8.71. The minimum atomic E-state index is -0.350. The Morgan fingerprint density at radius 1 is 1.47 bits per heavy atom. The van der Waals surface area contributed by atoms with Crippen LogP contribution in [0, 0.1) is 11.3 Å². The highest BCUT2D eigenvalue weighted by Crippen LogP contribution is 2.21. The number of esters is 1. The molecule has 0 amide bonds. The molecule has 0 bridgehead atoms. The maximum Gasteiger partial charge on any atom is 0.330 e. The van der Waals surface area contributed by atoms with E-state index < -0.39 is 0 Å². The number of benzene rings is 1. The van der Waals surface area contributed by atoms with Crippen molar-refractivity contribution in [2.24, 2.45) is 0 Å². The van der Waals surface area contributed by atoms with Crippen molar-refractivity contribution in [3.63, 3.8) is 0 Å². The third-order valence-corrected chi connectivity index (χ3v) is 2.57. The number of nitriles is 1. The van der Waals surface area contributed by atoms with Gasteiger partial charge in [0.25, 0.3) is 0 Å². The Labute approximate surface area is 101 Å².